The molecule has 0 aromatic heterocycles. The Balaban J connectivity index is 1.31. The number of nitrogens with zero attached hydrogens (tertiary/aromatic N) is 3. The van der Waals surface area contributed by atoms with Crippen LogP contribution in [0.15, 0.2) is 70.3 Å². The molecule has 0 radical (unpaired) electrons. The van der Waals surface area contributed by atoms with Gasteiger partial charge in [0.25, 0.3) is 5.91 Å². The third kappa shape index (κ3) is 4.64. The van der Waals surface area contributed by atoms with Crippen LogP contribution in [0.3, 0.4) is 0 Å². The molecule has 2 aromatic carbocycles. The van der Waals surface area contributed by atoms with Gasteiger partial charge in [0.05, 0.1) is 5.57 Å². The minimum absolute atomic E-state index is 0.0693. The molecule has 0 spiro atoms. The summed E-state index contributed by atoms with van der Waals surface area (Å²) in [7, 11) is 0. The van der Waals surface area contributed by atoms with Crippen molar-refractivity contribution < 1.29 is 9.53 Å². The molecule has 168 valence electrons. The maximum absolute atomic E-state index is 12.7. The minimum atomic E-state index is -0.392. The van der Waals surface area contributed by atoms with E-state index in [1.165, 1.54) is 36.0 Å². The Bertz CT molecular complexity index is 1150. The molecule has 7 heteroatoms. The Kier molecular flexibility index (Phi) is 6.13. The molecule has 3 aliphatic rings. The standard InChI is InChI=1S/C26H26N4O2S/c1-17(19-8-4-2-5-9-19)32-21-14-12-18(13-15-21)16-22-23(27)30-26(28-24(22)31)33-25(29-30)20-10-6-3-7-11-20/h2,4-5,8-9,12-17,20,27H,3,6-7,10-11H2,1H3/b22-16-,27-23?. The number of fused-ring (bicyclic) bond motifs is 1. The first-order valence-electron chi connectivity index (χ1n) is 11.4. The van der Waals surface area contributed by atoms with Gasteiger partial charge in [0, 0.05) is 5.92 Å². The molecule has 1 amide bonds. The van der Waals surface area contributed by atoms with Crippen LogP contribution in [-0.2, 0) is 4.79 Å². The summed E-state index contributed by atoms with van der Waals surface area (Å²) in [5.41, 5.74) is 2.17. The van der Waals surface area contributed by atoms with E-state index in [1.807, 2.05) is 61.5 Å². The van der Waals surface area contributed by atoms with Gasteiger partial charge in [-0.15, -0.1) is 0 Å². The van der Waals surface area contributed by atoms with Gasteiger partial charge in [0.15, 0.2) is 5.84 Å². The van der Waals surface area contributed by atoms with Crippen LogP contribution in [-0.4, -0.2) is 27.0 Å². The maximum atomic E-state index is 12.7. The summed E-state index contributed by atoms with van der Waals surface area (Å²) in [5.74, 6) is 0.855. The van der Waals surface area contributed by atoms with Gasteiger partial charge in [-0.3, -0.25) is 10.2 Å². The molecule has 1 aliphatic carbocycles. The fourth-order valence-electron chi connectivity index (χ4n) is 4.33. The van der Waals surface area contributed by atoms with Gasteiger partial charge in [-0.25, -0.2) is 0 Å². The average molecular weight is 459 g/mol. The second-order valence-corrected chi connectivity index (χ2v) is 9.52. The van der Waals surface area contributed by atoms with Crippen LogP contribution in [0.25, 0.3) is 6.08 Å². The highest BCUT2D eigenvalue weighted by Crippen LogP contribution is 2.36. The Morgan fingerprint density at radius 1 is 1.09 bits per heavy atom. The molecule has 1 saturated carbocycles. The number of amides is 1. The number of carbonyl (C=O) groups excluding carboxylic acids is 1. The first-order chi connectivity index (χ1) is 16.1. The number of carbonyl (C=O) groups is 1. The largest absolute Gasteiger partial charge is 0.486 e. The Hall–Kier alpha value is -3.19. The summed E-state index contributed by atoms with van der Waals surface area (Å²) in [4.78, 5) is 16.9. The summed E-state index contributed by atoms with van der Waals surface area (Å²) in [6, 6.07) is 17.6. The lowest BCUT2D eigenvalue weighted by Gasteiger charge is -2.20. The smallest absolute Gasteiger partial charge is 0.283 e. The van der Waals surface area contributed by atoms with E-state index in [2.05, 4.69) is 10.1 Å². The van der Waals surface area contributed by atoms with Gasteiger partial charge in [0.1, 0.15) is 16.9 Å². The molecule has 2 heterocycles. The third-order valence-electron chi connectivity index (χ3n) is 6.20. The summed E-state index contributed by atoms with van der Waals surface area (Å²) >= 11 is 1.44. The van der Waals surface area contributed by atoms with Crippen molar-refractivity contribution in [2.75, 3.05) is 0 Å². The molecular formula is C26H26N4O2S. The van der Waals surface area contributed by atoms with E-state index < -0.39 is 5.91 Å². The molecule has 1 atom stereocenters. The number of rotatable bonds is 5. The number of benzene rings is 2. The third-order valence-corrected chi connectivity index (χ3v) is 7.27. The molecule has 0 saturated heterocycles. The predicted molar refractivity (Wildman–Crippen MR) is 134 cm³/mol. The molecule has 5 rings (SSSR count). The lowest BCUT2D eigenvalue weighted by Crippen LogP contribution is -2.35. The summed E-state index contributed by atoms with van der Waals surface area (Å²) < 4.78 is 6.03. The molecule has 1 fully saturated rings. The van der Waals surface area contributed by atoms with Crippen molar-refractivity contribution in [1.82, 2.24) is 5.01 Å². The summed E-state index contributed by atoms with van der Waals surface area (Å²) in [6.07, 6.45) is 7.57. The van der Waals surface area contributed by atoms with Gasteiger partial charge in [0.2, 0.25) is 5.17 Å². The van der Waals surface area contributed by atoms with Crippen LogP contribution in [0, 0.1) is 11.3 Å². The van der Waals surface area contributed by atoms with Crippen LogP contribution in [0.1, 0.15) is 56.3 Å². The zero-order valence-corrected chi connectivity index (χ0v) is 19.3. The molecule has 1 N–H and O–H groups in total. The quantitative estimate of drug-likeness (QED) is 0.555. The molecule has 0 bridgehead atoms. The molecular weight excluding hydrogens is 432 g/mol. The molecule has 1 unspecified atom stereocenters. The number of aliphatic imine (C=N–C) groups is 1. The number of thioether (sulfide) groups is 1. The van der Waals surface area contributed by atoms with Crippen LogP contribution >= 0.6 is 11.8 Å². The van der Waals surface area contributed by atoms with Crippen molar-refractivity contribution in [2.24, 2.45) is 16.0 Å². The first-order valence-corrected chi connectivity index (χ1v) is 12.2. The van der Waals surface area contributed by atoms with Gasteiger partial charge in [-0.1, -0.05) is 61.7 Å². The zero-order valence-electron chi connectivity index (χ0n) is 18.5. The zero-order chi connectivity index (χ0) is 22.8. The van der Waals surface area contributed by atoms with Gasteiger partial charge < -0.3 is 4.74 Å². The van der Waals surface area contributed by atoms with Crippen molar-refractivity contribution in [3.05, 3.63) is 71.3 Å². The first kappa shape index (κ1) is 21.6. The van der Waals surface area contributed by atoms with Crippen molar-refractivity contribution in [3.8, 4) is 5.75 Å². The van der Waals surface area contributed by atoms with E-state index in [0.717, 1.165) is 34.8 Å². The highest BCUT2D eigenvalue weighted by atomic mass is 32.2. The van der Waals surface area contributed by atoms with Crippen LogP contribution in [0.4, 0.5) is 0 Å². The van der Waals surface area contributed by atoms with Crippen LogP contribution in [0.5, 0.6) is 5.75 Å². The highest BCUT2D eigenvalue weighted by molar-refractivity contribution is 8.27. The monoisotopic (exact) mass is 458 g/mol. The topological polar surface area (TPSA) is 78.1 Å². The fourth-order valence-corrected chi connectivity index (χ4v) is 5.39. The van der Waals surface area contributed by atoms with Gasteiger partial charge in [-0.05, 0) is 60.9 Å². The normalized spacial score (nSPS) is 21.0. The second kappa shape index (κ2) is 9.35. The second-order valence-electron chi connectivity index (χ2n) is 8.53. The Morgan fingerprint density at radius 3 is 2.55 bits per heavy atom. The van der Waals surface area contributed by atoms with Crippen molar-refractivity contribution in [3.63, 3.8) is 0 Å². The van der Waals surface area contributed by atoms with E-state index >= 15 is 0 Å². The minimum Gasteiger partial charge on any atom is -0.486 e. The van der Waals surface area contributed by atoms with Crippen molar-refractivity contribution >= 4 is 39.8 Å². The van der Waals surface area contributed by atoms with Crippen molar-refractivity contribution in [1.29, 1.82) is 5.41 Å². The number of ether oxygens (including phenoxy) is 1. The lowest BCUT2D eigenvalue weighted by atomic mass is 9.90. The molecule has 2 aliphatic heterocycles. The number of nitrogens with one attached hydrogen (secondary N) is 1. The van der Waals surface area contributed by atoms with Crippen molar-refractivity contribution in [2.45, 2.75) is 45.1 Å². The van der Waals surface area contributed by atoms with Gasteiger partial charge >= 0.3 is 0 Å². The van der Waals surface area contributed by atoms with E-state index in [-0.39, 0.29) is 17.5 Å². The van der Waals surface area contributed by atoms with E-state index in [4.69, 9.17) is 10.1 Å². The molecule has 33 heavy (non-hydrogen) atoms. The summed E-state index contributed by atoms with van der Waals surface area (Å²) in [6.45, 7) is 2.01. The van der Waals surface area contributed by atoms with Crippen LogP contribution < -0.4 is 4.74 Å². The predicted octanol–water partition coefficient (Wildman–Crippen LogP) is 6.03. The van der Waals surface area contributed by atoms with E-state index in [0.29, 0.717) is 11.1 Å². The lowest BCUT2D eigenvalue weighted by molar-refractivity contribution is -0.114. The summed E-state index contributed by atoms with van der Waals surface area (Å²) in [5, 5.41) is 16.3. The Morgan fingerprint density at radius 2 is 1.82 bits per heavy atom. The Labute approximate surface area is 197 Å². The number of hydrazone groups is 1. The van der Waals surface area contributed by atoms with Gasteiger partial charge in [-0.2, -0.15) is 15.1 Å². The molecule has 6 nitrogen and oxygen atoms in total. The maximum Gasteiger partial charge on any atom is 0.283 e. The van der Waals surface area contributed by atoms with E-state index in [9.17, 15) is 4.79 Å². The number of hydrogen-bond acceptors (Lipinski definition) is 5. The number of hydrogen-bond donors (Lipinski definition) is 1. The van der Waals surface area contributed by atoms with E-state index in [1.54, 1.807) is 6.08 Å². The average Bonchev–Trinajstić information content (AvgIpc) is 3.28. The number of amidine groups is 2. The molecule has 2 aromatic rings. The fraction of sp³-hybridized carbons (Fsp3) is 0.308. The SMILES string of the molecule is CC(Oc1ccc(/C=C2/C(=N)N3N=C(C4CCCCC4)SC3=NC2=O)cc1)c1ccccc1. The highest BCUT2D eigenvalue weighted by Gasteiger charge is 2.37. The van der Waals surface area contributed by atoms with Crippen LogP contribution in [0.2, 0.25) is 0 Å².